The number of carbonyl (C=O) groups is 1. The van der Waals surface area contributed by atoms with Gasteiger partial charge < -0.3 is 4.74 Å². The van der Waals surface area contributed by atoms with E-state index in [9.17, 15) is 9.18 Å². The number of rotatable bonds is 5. The Labute approximate surface area is 99.4 Å². The van der Waals surface area contributed by atoms with E-state index in [4.69, 9.17) is 16.3 Å². The molecule has 1 rings (SSSR count). The highest BCUT2D eigenvalue weighted by Gasteiger charge is 2.05. The van der Waals surface area contributed by atoms with E-state index >= 15 is 0 Å². The van der Waals surface area contributed by atoms with Gasteiger partial charge in [0, 0.05) is 11.4 Å². The van der Waals surface area contributed by atoms with Crippen LogP contribution in [-0.4, -0.2) is 12.6 Å². The number of hydrogen-bond donors (Lipinski definition) is 0. The quantitative estimate of drug-likeness (QED) is 0.743. The van der Waals surface area contributed by atoms with Gasteiger partial charge in [0.15, 0.2) is 0 Å². The lowest BCUT2D eigenvalue weighted by atomic mass is 10.1. The standard InChI is InChI=1S/C12H14ClFO2/c1-2-16-12(15)5-3-4-9-8-10(13)6-7-11(9)14/h6-8H,2-5H2,1H3. The number of hydrogen-bond acceptors (Lipinski definition) is 2. The number of aryl methyl sites for hydroxylation is 1. The van der Waals surface area contributed by atoms with Gasteiger partial charge in [-0.1, -0.05) is 11.6 Å². The summed E-state index contributed by atoms with van der Waals surface area (Å²) >= 11 is 5.75. The molecule has 2 nitrogen and oxygen atoms in total. The fourth-order valence-electron chi connectivity index (χ4n) is 1.39. The largest absolute Gasteiger partial charge is 0.466 e. The molecule has 0 bridgehead atoms. The molecule has 0 fully saturated rings. The average molecular weight is 245 g/mol. The number of carbonyl (C=O) groups excluding carboxylic acids is 1. The van der Waals surface area contributed by atoms with Gasteiger partial charge >= 0.3 is 5.97 Å². The van der Waals surface area contributed by atoms with E-state index in [1.165, 1.54) is 12.1 Å². The average Bonchev–Trinajstić information content (AvgIpc) is 2.23. The van der Waals surface area contributed by atoms with Crippen LogP contribution in [0.4, 0.5) is 4.39 Å². The lowest BCUT2D eigenvalue weighted by Gasteiger charge is -2.04. The van der Waals surface area contributed by atoms with Crippen LogP contribution in [0.25, 0.3) is 0 Å². The highest BCUT2D eigenvalue weighted by atomic mass is 35.5. The summed E-state index contributed by atoms with van der Waals surface area (Å²) in [4.78, 5) is 11.0. The monoisotopic (exact) mass is 244 g/mol. The van der Waals surface area contributed by atoms with Gasteiger partial charge in [0.2, 0.25) is 0 Å². The van der Waals surface area contributed by atoms with E-state index in [-0.39, 0.29) is 11.8 Å². The molecule has 0 radical (unpaired) electrons. The summed E-state index contributed by atoms with van der Waals surface area (Å²) in [7, 11) is 0. The minimum atomic E-state index is -0.284. The SMILES string of the molecule is CCOC(=O)CCCc1cc(Cl)ccc1F. The van der Waals surface area contributed by atoms with Crippen molar-refractivity contribution < 1.29 is 13.9 Å². The van der Waals surface area contributed by atoms with Gasteiger partial charge in [0.05, 0.1) is 6.61 Å². The third-order valence-corrected chi connectivity index (χ3v) is 2.38. The van der Waals surface area contributed by atoms with Crippen molar-refractivity contribution in [3.63, 3.8) is 0 Å². The lowest BCUT2D eigenvalue weighted by molar-refractivity contribution is -0.143. The first-order valence-electron chi connectivity index (χ1n) is 5.23. The summed E-state index contributed by atoms with van der Waals surface area (Å²) in [6, 6.07) is 4.43. The Hall–Kier alpha value is -1.09. The van der Waals surface area contributed by atoms with Crippen molar-refractivity contribution >= 4 is 17.6 Å². The topological polar surface area (TPSA) is 26.3 Å². The summed E-state index contributed by atoms with van der Waals surface area (Å²) in [6.45, 7) is 2.14. The second kappa shape index (κ2) is 6.48. The third-order valence-electron chi connectivity index (χ3n) is 2.14. The second-order valence-corrected chi connectivity index (χ2v) is 3.83. The molecule has 0 saturated heterocycles. The first-order valence-corrected chi connectivity index (χ1v) is 5.61. The van der Waals surface area contributed by atoms with Crippen molar-refractivity contribution in [2.45, 2.75) is 26.2 Å². The highest BCUT2D eigenvalue weighted by molar-refractivity contribution is 6.30. The van der Waals surface area contributed by atoms with E-state index < -0.39 is 0 Å². The zero-order chi connectivity index (χ0) is 12.0. The second-order valence-electron chi connectivity index (χ2n) is 3.39. The van der Waals surface area contributed by atoms with Crippen LogP contribution < -0.4 is 0 Å². The summed E-state index contributed by atoms with van der Waals surface area (Å²) in [6.07, 6.45) is 1.36. The molecule has 1 aromatic carbocycles. The van der Waals surface area contributed by atoms with Gasteiger partial charge in [0.1, 0.15) is 5.82 Å². The summed E-state index contributed by atoms with van der Waals surface area (Å²) in [5, 5.41) is 0.507. The maximum absolute atomic E-state index is 13.3. The number of benzene rings is 1. The maximum Gasteiger partial charge on any atom is 0.305 e. The normalized spacial score (nSPS) is 10.2. The molecule has 0 aliphatic carbocycles. The maximum atomic E-state index is 13.3. The molecule has 4 heteroatoms. The van der Waals surface area contributed by atoms with E-state index in [0.717, 1.165) is 0 Å². The minimum absolute atomic E-state index is 0.245. The Morgan fingerprint density at radius 1 is 1.50 bits per heavy atom. The zero-order valence-electron chi connectivity index (χ0n) is 9.13. The van der Waals surface area contributed by atoms with Crippen molar-refractivity contribution in [3.05, 3.63) is 34.6 Å². The molecule has 16 heavy (non-hydrogen) atoms. The Bertz CT molecular complexity index is 366. The Balaban J connectivity index is 2.42. The molecule has 0 spiro atoms. The number of halogens is 2. The van der Waals surface area contributed by atoms with Gasteiger partial charge in [-0.3, -0.25) is 4.79 Å². The first kappa shape index (κ1) is 13.0. The van der Waals surface area contributed by atoms with Gasteiger partial charge in [0.25, 0.3) is 0 Å². The molecular formula is C12H14ClFO2. The molecule has 0 unspecified atom stereocenters. The van der Waals surface area contributed by atoms with Crippen molar-refractivity contribution in [1.29, 1.82) is 0 Å². The van der Waals surface area contributed by atoms with Crippen LogP contribution >= 0.6 is 11.6 Å². The molecule has 0 heterocycles. The predicted molar refractivity (Wildman–Crippen MR) is 61.0 cm³/mol. The molecule has 88 valence electrons. The highest BCUT2D eigenvalue weighted by Crippen LogP contribution is 2.16. The van der Waals surface area contributed by atoms with Gasteiger partial charge in [-0.15, -0.1) is 0 Å². The van der Waals surface area contributed by atoms with Crippen LogP contribution in [0.2, 0.25) is 5.02 Å². The molecule has 1 aromatic rings. The first-order chi connectivity index (χ1) is 7.63. The minimum Gasteiger partial charge on any atom is -0.466 e. The van der Waals surface area contributed by atoms with Gasteiger partial charge in [-0.05, 0) is 43.5 Å². The zero-order valence-corrected chi connectivity index (χ0v) is 9.89. The van der Waals surface area contributed by atoms with Crippen LogP contribution in [-0.2, 0) is 16.0 Å². The van der Waals surface area contributed by atoms with Crippen LogP contribution in [0.1, 0.15) is 25.3 Å². The van der Waals surface area contributed by atoms with Crippen LogP contribution in [0.15, 0.2) is 18.2 Å². The molecule has 0 aliphatic rings. The lowest BCUT2D eigenvalue weighted by Crippen LogP contribution is -2.04. The van der Waals surface area contributed by atoms with Crippen LogP contribution in [0.5, 0.6) is 0 Å². The molecule has 0 aliphatic heterocycles. The van der Waals surface area contributed by atoms with E-state index in [0.29, 0.717) is 36.5 Å². The van der Waals surface area contributed by atoms with E-state index in [1.807, 2.05) is 0 Å². The summed E-state index contributed by atoms with van der Waals surface area (Å²) in [5.41, 5.74) is 0.539. The summed E-state index contributed by atoms with van der Waals surface area (Å²) in [5.74, 6) is -0.529. The van der Waals surface area contributed by atoms with Crippen molar-refractivity contribution in [3.8, 4) is 0 Å². The van der Waals surface area contributed by atoms with Crippen LogP contribution in [0, 0.1) is 5.82 Å². The van der Waals surface area contributed by atoms with E-state index in [2.05, 4.69) is 0 Å². The van der Waals surface area contributed by atoms with E-state index in [1.54, 1.807) is 13.0 Å². The third kappa shape index (κ3) is 4.19. The number of ether oxygens (including phenoxy) is 1. The molecule has 0 amide bonds. The molecule has 0 N–H and O–H groups in total. The van der Waals surface area contributed by atoms with Gasteiger partial charge in [-0.2, -0.15) is 0 Å². The smallest absolute Gasteiger partial charge is 0.305 e. The number of esters is 1. The van der Waals surface area contributed by atoms with Crippen molar-refractivity contribution in [2.75, 3.05) is 6.61 Å². The fourth-order valence-corrected chi connectivity index (χ4v) is 1.59. The molecule has 0 saturated carbocycles. The molecular weight excluding hydrogens is 231 g/mol. The summed E-state index contributed by atoms with van der Waals surface area (Å²) < 4.78 is 18.0. The van der Waals surface area contributed by atoms with Gasteiger partial charge in [-0.25, -0.2) is 4.39 Å². The van der Waals surface area contributed by atoms with Crippen molar-refractivity contribution in [2.24, 2.45) is 0 Å². The Morgan fingerprint density at radius 2 is 2.25 bits per heavy atom. The van der Waals surface area contributed by atoms with Crippen LogP contribution in [0.3, 0.4) is 0 Å². The molecule has 0 atom stereocenters. The molecule has 0 aromatic heterocycles. The Morgan fingerprint density at radius 3 is 2.94 bits per heavy atom. The fraction of sp³-hybridized carbons (Fsp3) is 0.417. The Kier molecular flexibility index (Phi) is 5.26. The van der Waals surface area contributed by atoms with Crippen molar-refractivity contribution in [1.82, 2.24) is 0 Å². The predicted octanol–water partition coefficient (Wildman–Crippen LogP) is 3.36.